The van der Waals surface area contributed by atoms with Gasteiger partial charge in [-0.1, -0.05) is 12.1 Å². The lowest BCUT2D eigenvalue weighted by Crippen LogP contribution is -2.52. The summed E-state index contributed by atoms with van der Waals surface area (Å²) >= 11 is 1.43. The minimum atomic E-state index is -0.243. The summed E-state index contributed by atoms with van der Waals surface area (Å²) in [5.41, 5.74) is 0.993. The van der Waals surface area contributed by atoms with Gasteiger partial charge in [0.1, 0.15) is 10.7 Å². The number of likely N-dealkylation sites (N-methyl/N-ethyl adjacent to an activating group) is 1. The van der Waals surface area contributed by atoms with Crippen LogP contribution in [0.3, 0.4) is 0 Å². The molecule has 1 atom stereocenters. The number of piperazine rings is 1. The number of amides is 1. The summed E-state index contributed by atoms with van der Waals surface area (Å²) in [4.78, 5) is 21.9. The highest BCUT2D eigenvalue weighted by atomic mass is 32.1. The van der Waals surface area contributed by atoms with E-state index < -0.39 is 0 Å². The van der Waals surface area contributed by atoms with Crippen molar-refractivity contribution in [3.05, 3.63) is 51.7 Å². The standard InChI is InChI=1S/C17H20FN3OS/c1-12-11-20(2)7-8-21(12)17(22)15-10-19-16(23-15)9-13-3-5-14(18)6-4-13/h3-6,10,12H,7-9,11H2,1-2H3/t12-/m0/s1. The summed E-state index contributed by atoms with van der Waals surface area (Å²) in [7, 11) is 2.08. The number of hydrogen-bond donors (Lipinski definition) is 0. The van der Waals surface area contributed by atoms with Gasteiger partial charge in [0.2, 0.25) is 0 Å². The zero-order chi connectivity index (χ0) is 16.4. The highest BCUT2D eigenvalue weighted by Crippen LogP contribution is 2.21. The van der Waals surface area contributed by atoms with E-state index in [0.29, 0.717) is 11.3 Å². The Morgan fingerprint density at radius 2 is 2.09 bits per heavy atom. The van der Waals surface area contributed by atoms with Crippen molar-refractivity contribution in [2.24, 2.45) is 0 Å². The highest BCUT2D eigenvalue weighted by molar-refractivity contribution is 7.13. The van der Waals surface area contributed by atoms with Crippen LogP contribution in [0.1, 0.15) is 27.2 Å². The first kappa shape index (κ1) is 16.1. The van der Waals surface area contributed by atoms with Crippen LogP contribution in [0.15, 0.2) is 30.5 Å². The van der Waals surface area contributed by atoms with Crippen LogP contribution >= 0.6 is 11.3 Å². The number of rotatable bonds is 3. The topological polar surface area (TPSA) is 36.4 Å². The maximum Gasteiger partial charge on any atom is 0.265 e. The normalized spacial score (nSPS) is 19.1. The molecular formula is C17H20FN3OS. The molecule has 1 aromatic carbocycles. The molecule has 0 unspecified atom stereocenters. The highest BCUT2D eigenvalue weighted by Gasteiger charge is 2.27. The van der Waals surface area contributed by atoms with Crippen molar-refractivity contribution in [2.45, 2.75) is 19.4 Å². The van der Waals surface area contributed by atoms with Crippen molar-refractivity contribution in [2.75, 3.05) is 26.7 Å². The van der Waals surface area contributed by atoms with Gasteiger partial charge in [-0.3, -0.25) is 4.79 Å². The van der Waals surface area contributed by atoms with Crippen LogP contribution in [-0.4, -0.2) is 53.4 Å². The molecule has 0 N–H and O–H groups in total. The molecule has 6 heteroatoms. The van der Waals surface area contributed by atoms with E-state index >= 15 is 0 Å². The first-order valence-electron chi connectivity index (χ1n) is 7.71. The molecule has 0 bridgehead atoms. The third-order valence-corrected chi connectivity index (χ3v) is 5.11. The molecule has 0 aliphatic carbocycles. The maximum atomic E-state index is 12.9. The van der Waals surface area contributed by atoms with Crippen LogP contribution in [0.25, 0.3) is 0 Å². The largest absolute Gasteiger partial charge is 0.333 e. The van der Waals surface area contributed by atoms with E-state index in [4.69, 9.17) is 0 Å². The molecule has 1 aliphatic rings. The predicted octanol–water partition coefficient (Wildman–Crippen LogP) is 2.65. The third-order valence-electron chi connectivity index (χ3n) is 4.12. The van der Waals surface area contributed by atoms with Gasteiger partial charge in [0.25, 0.3) is 5.91 Å². The van der Waals surface area contributed by atoms with E-state index in [1.165, 1.54) is 23.5 Å². The molecule has 1 saturated heterocycles. The quantitative estimate of drug-likeness (QED) is 0.866. The minimum absolute atomic E-state index is 0.0634. The lowest BCUT2D eigenvalue weighted by atomic mass is 10.2. The van der Waals surface area contributed by atoms with Gasteiger partial charge < -0.3 is 9.80 Å². The molecule has 0 spiro atoms. The van der Waals surface area contributed by atoms with E-state index in [9.17, 15) is 9.18 Å². The average Bonchev–Trinajstić information content (AvgIpc) is 2.97. The van der Waals surface area contributed by atoms with Gasteiger partial charge in [0, 0.05) is 32.1 Å². The second-order valence-corrected chi connectivity index (χ2v) is 7.15. The van der Waals surface area contributed by atoms with Gasteiger partial charge in [-0.2, -0.15) is 0 Å². The first-order chi connectivity index (χ1) is 11.0. The Morgan fingerprint density at radius 1 is 1.35 bits per heavy atom. The van der Waals surface area contributed by atoms with E-state index in [1.54, 1.807) is 18.3 Å². The molecule has 0 saturated carbocycles. The van der Waals surface area contributed by atoms with Gasteiger partial charge >= 0.3 is 0 Å². The molecular weight excluding hydrogens is 313 g/mol. The summed E-state index contributed by atoms with van der Waals surface area (Å²) in [6.07, 6.45) is 2.29. The second kappa shape index (κ2) is 6.76. The first-order valence-corrected chi connectivity index (χ1v) is 8.53. The molecule has 1 aliphatic heterocycles. The summed E-state index contributed by atoms with van der Waals surface area (Å²) in [6, 6.07) is 6.60. The van der Waals surface area contributed by atoms with Gasteiger partial charge in [0.05, 0.1) is 11.2 Å². The molecule has 2 heterocycles. The molecule has 0 radical (unpaired) electrons. The average molecular weight is 333 g/mol. The van der Waals surface area contributed by atoms with Crippen molar-refractivity contribution in [3.8, 4) is 0 Å². The Balaban J connectivity index is 1.68. The van der Waals surface area contributed by atoms with E-state index in [2.05, 4.69) is 23.9 Å². The van der Waals surface area contributed by atoms with Crippen molar-refractivity contribution >= 4 is 17.2 Å². The van der Waals surface area contributed by atoms with Crippen LogP contribution in [0.4, 0.5) is 4.39 Å². The zero-order valence-corrected chi connectivity index (χ0v) is 14.1. The van der Waals surface area contributed by atoms with Gasteiger partial charge in [-0.15, -0.1) is 11.3 Å². The molecule has 2 aromatic rings. The number of benzene rings is 1. The van der Waals surface area contributed by atoms with Crippen LogP contribution in [0.5, 0.6) is 0 Å². The van der Waals surface area contributed by atoms with Gasteiger partial charge in [-0.05, 0) is 31.7 Å². The molecule has 23 heavy (non-hydrogen) atoms. The van der Waals surface area contributed by atoms with Crippen molar-refractivity contribution in [3.63, 3.8) is 0 Å². The Kier molecular flexibility index (Phi) is 4.73. The number of carbonyl (C=O) groups excluding carboxylic acids is 1. The number of thiazole rings is 1. The van der Waals surface area contributed by atoms with Crippen LogP contribution in [-0.2, 0) is 6.42 Å². The number of halogens is 1. The number of carbonyl (C=O) groups is 1. The van der Waals surface area contributed by atoms with Crippen molar-refractivity contribution < 1.29 is 9.18 Å². The number of hydrogen-bond acceptors (Lipinski definition) is 4. The second-order valence-electron chi connectivity index (χ2n) is 6.03. The molecule has 122 valence electrons. The zero-order valence-electron chi connectivity index (χ0n) is 13.3. The van der Waals surface area contributed by atoms with Crippen LogP contribution in [0.2, 0.25) is 0 Å². The monoisotopic (exact) mass is 333 g/mol. The molecule has 1 aromatic heterocycles. The van der Waals surface area contributed by atoms with Crippen LogP contribution in [0, 0.1) is 5.82 Å². The Labute approximate surface area is 139 Å². The number of nitrogens with zero attached hydrogens (tertiary/aromatic N) is 3. The van der Waals surface area contributed by atoms with Crippen molar-refractivity contribution in [1.82, 2.24) is 14.8 Å². The van der Waals surface area contributed by atoms with Gasteiger partial charge in [0.15, 0.2) is 0 Å². The molecule has 3 rings (SSSR count). The lowest BCUT2D eigenvalue weighted by Gasteiger charge is -2.37. The fourth-order valence-electron chi connectivity index (χ4n) is 2.85. The smallest absolute Gasteiger partial charge is 0.265 e. The minimum Gasteiger partial charge on any atom is -0.333 e. The number of aromatic nitrogens is 1. The lowest BCUT2D eigenvalue weighted by molar-refractivity contribution is 0.0538. The Bertz CT molecular complexity index is 685. The fraction of sp³-hybridized carbons (Fsp3) is 0.412. The molecule has 4 nitrogen and oxygen atoms in total. The summed E-state index contributed by atoms with van der Waals surface area (Å²) in [5.74, 6) is -0.179. The molecule has 1 fully saturated rings. The van der Waals surface area contributed by atoms with Gasteiger partial charge in [-0.25, -0.2) is 9.37 Å². The fourth-order valence-corrected chi connectivity index (χ4v) is 3.76. The predicted molar refractivity (Wildman–Crippen MR) is 89.3 cm³/mol. The SMILES string of the molecule is C[C@H]1CN(C)CCN1C(=O)c1cnc(Cc2ccc(F)cc2)s1. The van der Waals surface area contributed by atoms with Crippen molar-refractivity contribution in [1.29, 1.82) is 0 Å². The Hall–Kier alpha value is -1.79. The maximum absolute atomic E-state index is 12.9. The van der Waals surface area contributed by atoms with E-state index in [0.717, 1.165) is 30.2 Å². The van der Waals surface area contributed by atoms with E-state index in [-0.39, 0.29) is 17.8 Å². The Morgan fingerprint density at radius 3 is 2.78 bits per heavy atom. The summed E-state index contributed by atoms with van der Waals surface area (Å²) in [5, 5.41) is 0.877. The van der Waals surface area contributed by atoms with E-state index in [1.807, 2.05) is 4.90 Å². The summed E-state index contributed by atoms with van der Waals surface area (Å²) in [6.45, 7) is 4.63. The van der Waals surface area contributed by atoms with Crippen LogP contribution < -0.4 is 0 Å². The molecule has 1 amide bonds. The summed E-state index contributed by atoms with van der Waals surface area (Å²) < 4.78 is 12.9. The third kappa shape index (κ3) is 3.76.